The van der Waals surface area contributed by atoms with Crippen molar-refractivity contribution >= 4 is 17.5 Å². The fourth-order valence-corrected chi connectivity index (χ4v) is 1.91. The van der Waals surface area contributed by atoms with Crippen LogP contribution in [0.2, 0.25) is 0 Å². The van der Waals surface area contributed by atoms with E-state index in [0.29, 0.717) is 6.54 Å². The highest BCUT2D eigenvalue weighted by molar-refractivity contribution is 6.30. The molecule has 1 unspecified atom stereocenters. The average molecular weight is 256 g/mol. The van der Waals surface area contributed by atoms with E-state index < -0.39 is 5.38 Å². The highest BCUT2D eigenvalue weighted by Crippen LogP contribution is 2.23. The molecule has 1 N–H and O–H groups in total. The van der Waals surface area contributed by atoms with Gasteiger partial charge in [0, 0.05) is 12.6 Å². The fraction of sp³-hybridized carbons (Fsp3) is 0.462. The number of alkyl halides is 1. The number of benzene rings is 1. The normalized spacial score (nSPS) is 12.5. The van der Waals surface area contributed by atoms with E-state index in [1.165, 1.54) is 0 Å². The van der Waals surface area contributed by atoms with Gasteiger partial charge in [0.25, 0.3) is 0 Å². The summed E-state index contributed by atoms with van der Waals surface area (Å²) in [4.78, 5) is 13.7. The Morgan fingerprint density at radius 1 is 1.35 bits per heavy atom. The first kappa shape index (κ1) is 14.0. The number of amides is 1. The molecular weight excluding hydrogens is 238 g/mol. The summed E-state index contributed by atoms with van der Waals surface area (Å²) in [6.07, 6.45) is 0. The maximum atomic E-state index is 12.2. The summed E-state index contributed by atoms with van der Waals surface area (Å²) in [7, 11) is 0. The molecule has 0 aliphatic heterocycles. The maximum Gasteiger partial charge on any atom is 0.245 e. The van der Waals surface area contributed by atoms with E-state index in [0.717, 1.165) is 5.56 Å². The number of hydrogen-bond acceptors (Lipinski definition) is 2. The summed E-state index contributed by atoms with van der Waals surface area (Å²) in [5.74, 6) is -0.165. The molecule has 1 rings (SSSR count). The van der Waals surface area contributed by atoms with Crippen molar-refractivity contribution in [1.82, 2.24) is 4.90 Å². The van der Waals surface area contributed by atoms with Crippen molar-refractivity contribution in [3.8, 4) is 0 Å². The molecular formula is C13H18ClNO2. The molecule has 0 saturated carbocycles. The lowest BCUT2D eigenvalue weighted by Gasteiger charge is -2.28. The predicted molar refractivity (Wildman–Crippen MR) is 69.0 cm³/mol. The molecule has 0 spiro atoms. The van der Waals surface area contributed by atoms with Crippen LogP contribution in [0.25, 0.3) is 0 Å². The van der Waals surface area contributed by atoms with Gasteiger partial charge in [0.15, 0.2) is 0 Å². The minimum Gasteiger partial charge on any atom is -0.395 e. The van der Waals surface area contributed by atoms with Crippen LogP contribution in [0.15, 0.2) is 30.3 Å². The molecule has 17 heavy (non-hydrogen) atoms. The molecule has 0 saturated heterocycles. The van der Waals surface area contributed by atoms with Gasteiger partial charge in [-0.25, -0.2) is 0 Å². The zero-order valence-corrected chi connectivity index (χ0v) is 10.9. The minimum absolute atomic E-state index is 0.0274. The van der Waals surface area contributed by atoms with Crippen molar-refractivity contribution in [2.45, 2.75) is 25.3 Å². The largest absolute Gasteiger partial charge is 0.395 e. The van der Waals surface area contributed by atoms with Gasteiger partial charge in [-0.1, -0.05) is 30.3 Å². The van der Waals surface area contributed by atoms with E-state index in [2.05, 4.69) is 0 Å². The van der Waals surface area contributed by atoms with Crippen molar-refractivity contribution < 1.29 is 9.90 Å². The quantitative estimate of drug-likeness (QED) is 0.820. The average Bonchev–Trinajstić information content (AvgIpc) is 2.35. The zero-order chi connectivity index (χ0) is 12.8. The van der Waals surface area contributed by atoms with Gasteiger partial charge in [0.2, 0.25) is 5.91 Å². The highest BCUT2D eigenvalue weighted by atomic mass is 35.5. The number of carbonyl (C=O) groups excluding carboxylic acids is 1. The van der Waals surface area contributed by atoms with E-state index in [1.807, 2.05) is 44.2 Å². The summed E-state index contributed by atoms with van der Waals surface area (Å²) in [6.45, 7) is 4.07. The van der Waals surface area contributed by atoms with Crippen LogP contribution in [-0.2, 0) is 4.79 Å². The molecule has 3 nitrogen and oxygen atoms in total. The number of nitrogens with zero attached hydrogens (tertiary/aromatic N) is 1. The van der Waals surface area contributed by atoms with Crippen LogP contribution in [-0.4, -0.2) is 35.1 Å². The highest BCUT2D eigenvalue weighted by Gasteiger charge is 2.25. The molecule has 1 atom stereocenters. The van der Waals surface area contributed by atoms with Gasteiger partial charge in [-0.3, -0.25) is 4.79 Å². The van der Waals surface area contributed by atoms with Crippen LogP contribution in [0.4, 0.5) is 0 Å². The number of aliphatic hydroxyl groups excluding tert-OH is 1. The van der Waals surface area contributed by atoms with Crippen LogP contribution in [0.1, 0.15) is 24.8 Å². The lowest BCUT2D eigenvalue weighted by Crippen LogP contribution is -2.40. The van der Waals surface area contributed by atoms with Crippen LogP contribution in [0, 0.1) is 0 Å². The number of carbonyl (C=O) groups is 1. The Morgan fingerprint density at radius 2 is 1.94 bits per heavy atom. The molecule has 94 valence electrons. The molecule has 0 radical (unpaired) electrons. The Kier molecular flexibility index (Phi) is 5.45. The molecule has 4 heteroatoms. The van der Waals surface area contributed by atoms with Crippen molar-refractivity contribution in [3.05, 3.63) is 35.9 Å². The van der Waals surface area contributed by atoms with Gasteiger partial charge in [-0.05, 0) is 19.4 Å². The SMILES string of the molecule is CC(C)N(CCO)C(=O)C(Cl)c1ccccc1. The lowest BCUT2D eigenvalue weighted by atomic mass is 10.1. The molecule has 1 amide bonds. The van der Waals surface area contributed by atoms with Crippen LogP contribution >= 0.6 is 11.6 Å². The monoisotopic (exact) mass is 255 g/mol. The van der Waals surface area contributed by atoms with E-state index >= 15 is 0 Å². The molecule has 0 aliphatic rings. The molecule has 1 aromatic carbocycles. The van der Waals surface area contributed by atoms with E-state index in [-0.39, 0.29) is 18.6 Å². The predicted octanol–water partition coefficient (Wildman–Crippen LogP) is 2.20. The second-order valence-electron chi connectivity index (χ2n) is 4.12. The Bertz CT molecular complexity index is 354. The van der Waals surface area contributed by atoms with Gasteiger partial charge in [-0.2, -0.15) is 0 Å². The van der Waals surface area contributed by atoms with Crippen molar-refractivity contribution in [2.24, 2.45) is 0 Å². The fourth-order valence-electron chi connectivity index (χ4n) is 1.64. The van der Waals surface area contributed by atoms with Crippen molar-refractivity contribution in [1.29, 1.82) is 0 Å². The summed E-state index contributed by atoms with van der Waals surface area (Å²) in [5, 5.41) is 8.26. The topological polar surface area (TPSA) is 40.5 Å². The molecule has 1 aromatic rings. The van der Waals surface area contributed by atoms with E-state index in [1.54, 1.807) is 4.90 Å². The molecule has 0 aliphatic carbocycles. The first-order valence-electron chi connectivity index (χ1n) is 5.68. The summed E-state index contributed by atoms with van der Waals surface area (Å²) < 4.78 is 0. The first-order chi connectivity index (χ1) is 8.07. The van der Waals surface area contributed by atoms with Crippen LogP contribution < -0.4 is 0 Å². The maximum absolute atomic E-state index is 12.2. The third kappa shape index (κ3) is 3.72. The van der Waals surface area contributed by atoms with Crippen molar-refractivity contribution in [2.75, 3.05) is 13.2 Å². The second kappa shape index (κ2) is 6.62. The number of hydrogen-bond donors (Lipinski definition) is 1. The Labute approximate surface area is 107 Å². The summed E-state index contributed by atoms with van der Waals surface area (Å²) in [5.41, 5.74) is 0.780. The van der Waals surface area contributed by atoms with Gasteiger partial charge in [-0.15, -0.1) is 11.6 Å². The van der Waals surface area contributed by atoms with E-state index in [9.17, 15) is 4.79 Å². The standard InChI is InChI=1S/C13H18ClNO2/c1-10(2)15(8-9-16)13(17)12(14)11-6-4-3-5-7-11/h3-7,10,12,16H,8-9H2,1-2H3. The van der Waals surface area contributed by atoms with Gasteiger partial charge < -0.3 is 10.0 Å². The van der Waals surface area contributed by atoms with Crippen LogP contribution in [0.3, 0.4) is 0 Å². The summed E-state index contributed by atoms with van der Waals surface area (Å²) >= 11 is 6.16. The Morgan fingerprint density at radius 3 is 2.41 bits per heavy atom. The third-order valence-corrected chi connectivity index (χ3v) is 3.00. The van der Waals surface area contributed by atoms with Crippen LogP contribution in [0.5, 0.6) is 0 Å². The molecule has 0 heterocycles. The Hall–Kier alpha value is -1.06. The lowest BCUT2D eigenvalue weighted by molar-refractivity contribution is -0.133. The molecule has 0 fully saturated rings. The minimum atomic E-state index is -0.690. The molecule has 0 aromatic heterocycles. The van der Waals surface area contributed by atoms with Gasteiger partial charge in [0.05, 0.1) is 6.61 Å². The third-order valence-electron chi connectivity index (χ3n) is 2.56. The smallest absolute Gasteiger partial charge is 0.245 e. The summed E-state index contributed by atoms with van der Waals surface area (Å²) in [6, 6.07) is 9.26. The Balaban J connectivity index is 2.80. The van der Waals surface area contributed by atoms with Gasteiger partial charge in [0.1, 0.15) is 5.38 Å². The zero-order valence-electron chi connectivity index (χ0n) is 10.1. The second-order valence-corrected chi connectivity index (χ2v) is 4.56. The number of rotatable bonds is 5. The molecule has 0 bridgehead atoms. The number of aliphatic hydroxyl groups is 1. The first-order valence-corrected chi connectivity index (χ1v) is 6.12. The number of halogens is 1. The van der Waals surface area contributed by atoms with Gasteiger partial charge >= 0.3 is 0 Å². The van der Waals surface area contributed by atoms with Crippen molar-refractivity contribution in [3.63, 3.8) is 0 Å². The van der Waals surface area contributed by atoms with E-state index in [4.69, 9.17) is 16.7 Å².